The average molecular weight is 250 g/mol. The van der Waals surface area contributed by atoms with Crippen LogP contribution in [0.4, 0.5) is 0 Å². The van der Waals surface area contributed by atoms with E-state index in [0.717, 1.165) is 37.6 Å². The summed E-state index contributed by atoms with van der Waals surface area (Å²) in [5, 5.41) is 2.50. The molecule has 13 heavy (non-hydrogen) atoms. The third-order valence-corrected chi connectivity index (χ3v) is 2.62. The molecule has 0 saturated carbocycles. The molecule has 0 aromatic carbocycles. The van der Waals surface area contributed by atoms with Crippen LogP contribution < -0.4 is 0 Å². The monoisotopic (exact) mass is 249 g/mol. The number of hydroxylamine groups is 2. The van der Waals surface area contributed by atoms with Crippen LogP contribution >= 0.6 is 15.9 Å². The van der Waals surface area contributed by atoms with Crippen LogP contribution in [0.3, 0.4) is 0 Å². The van der Waals surface area contributed by atoms with Crippen molar-refractivity contribution in [2.75, 3.05) is 18.5 Å². The third kappa shape index (κ3) is 4.09. The number of amides is 1. The fourth-order valence-corrected chi connectivity index (χ4v) is 1.69. The van der Waals surface area contributed by atoms with Gasteiger partial charge in [0.05, 0.1) is 6.61 Å². The van der Waals surface area contributed by atoms with E-state index in [1.807, 2.05) is 0 Å². The molecule has 0 aliphatic carbocycles. The zero-order valence-electron chi connectivity index (χ0n) is 7.80. The molecule has 1 saturated heterocycles. The van der Waals surface area contributed by atoms with Gasteiger partial charge in [-0.15, -0.1) is 0 Å². The van der Waals surface area contributed by atoms with Crippen molar-refractivity contribution in [2.45, 2.75) is 32.1 Å². The van der Waals surface area contributed by atoms with Crippen LogP contribution in [0.1, 0.15) is 32.1 Å². The second kappa shape index (κ2) is 6.38. The Labute approximate surface area is 87.5 Å². The van der Waals surface area contributed by atoms with E-state index in [9.17, 15) is 4.79 Å². The maximum Gasteiger partial charge on any atom is 0.246 e. The maximum absolute atomic E-state index is 11.5. The number of carbonyl (C=O) groups is 1. The van der Waals surface area contributed by atoms with Gasteiger partial charge in [0, 0.05) is 18.3 Å². The predicted molar refractivity (Wildman–Crippen MR) is 54.5 cm³/mol. The van der Waals surface area contributed by atoms with E-state index < -0.39 is 0 Å². The second-order valence-corrected chi connectivity index (χ2v) is 3.98. The van der Waals surface area contributed by atoms with Crippen molar-refractivity contribution in [1.29, 1.82) is 0 Å². The Bertz CT molecular complexity index is 158. The van der Waals surface area contributed by atoms with Crippen molar-refractivity contribution >= 4 is 21.8 Å². The van der Waals surface area contributed by atoms with Gasteiger partial charge >= 0.3 is 0 Å². The minimum atomic E-state index is 0.139. The highest BCUT2D eigenvalue weighted by molar-refractivity contribution is 9.09. The Morgan fingerprint density at radius 3 is 2.85 bits per heavy atom. The quantitative estimate of drug-likeness (QED) is 0.565. The molecule has 1 aliphatic heterocycles. The molecule has 4 heteroatoms. The van der Waals surface area contributed by atoms with E-state index in [0.29, 0.717) is 13.0 Å². The molecule has 0 aromatic heterocycles. The summed E-state index contributed by atoms with van der Waals surface area (Å²) in [5.41, 5.74) is 0. The first-order valence-corrected chi connectivity index (χ1v) is 5.96. The van der Waals surface area contributed by atoms with Crippen molar-refractivity contribution in [3.05, 3.63) is 0 Å². The summed E-state index contributed by atoms with van der Waals surface area (Å²) in [6.07, 6.45) is 4.77. The van der Waals surface area contributed by atoms with Crippen LogP contribution in [-0.2, 0) is 9.63 Å². The predicted octanol–water partition coefficient (Wildman–Crippen LogP) is 2.11. The second-order valence-electron chi connectivity index (χ2n) is 3.18. The smallest absolute Gasteiger partial charge is 0.246 e. The maximum atomic E-state index is 11.5. The Balaban J connectivity index is 2.13. The summed E-state index contributed by atoms with van der Waals surface area (Å²) in [7, 11) is 0. The Morgan fingerprint density at radius 1 is 1.38 bits per heavy atom. The molecule has 1 rings (SSSR count). The molecule has 0 atom stereocenters. The largest absolute Gasteiger partial charge is 0.273 e. The van der Waals surface area contributed by atoms with E-state index in [1.165, 1.54) is 5.06 Å². The fourth-order valence-electron chi connectivity index (χ4n) is 1.29. The van der Waals surface area contributed by atoms with Crippen LogP contribution in [0.15, 0.2) is 0 Å². The summed E-state index contributed by atoms with van der Waals surface area (Å²) in [4.78, 5) is 16.7. The number of carbonyl (C=O) groups excluding carboxylic acids is 1. The van der Waals surface area contributed by atoms with Crippen LogP contribution in [-0.4, -0.2) is 29.5 Å². The third-order valence-electron chi connectivity index (χ3n) is 2.06. The zero-order chi connectivity index (χ0) is 9.52. The van der Waals surface area contributed by atoms with Gasteiger partial charge in [0.1, 0.15) is 0 Å². The van der Waals surface area contributed by atoms with E-state index >= 15 is 0 Å². The number of nitrogens with zero attached hydrogens (tertiary/aromatic N) is 1. The number of hydrogen-bond acceptors (Lipinski definition) is 2. The lowest BCUT2D eigenvalue weighted by molar-refractivity contribution is -0.197. The van der Waals surface area contributed by atoms with Gasteiger partial charge in [0.15, 0.2) is 0 Å². The standard InChI is InChI=1S/C9H16BrNO2/c10-6-2-1-5-9(12)11-7-3-4-8-13-11/h1-8H2. The topological polar surface area (TPSA) is 29.5 Å². The first kappa shape index (κ1) is 11.0. The van der Waals surface area contributed by atoms with Gasteiger partial charge in [0.25, 0.3) is 0 Å². The SMILES string of the molecule is O=C(CCCCBr)N1CCCCO1. The lowest BCUT2D eigenvalue weighted by Gasteiger charge is -2.25. The molecule has 0 aromatic rings. The zero-order valence-corrected chi connectivity index (χ0v) is 9.38. The van der Waals surface area contributed by atoms with Crippen molar-refractivity contribution in [3.8, 4) is 0 Å². The molecule has 1 amide bonds. The van der Waals surface area contributed by atoms with E-state index in [1.54, 1.807) is 0 Å². The number of unbranched alkanes of at least 4 members (excludes halogenated alkanes) is 1. The molecule has 0 radical (unpaired) electrons. The van der Waals surface area contributed by atoms with Crippen LogP contribution in [0.25, 0.3) is 0 Å². The minimum absolute atomic E-state index is 0.139. The molecule has 3 nitrogen and oxygen atoms in total. The van der Waals surface area contributed by atoms with Crippen LogP contribution in [0, 0.1) is 0 Å². The summed E-state index contributed by atoms with van der Waals surface area (Å²) in [6, 6.07) is 0. The Hall–Kier alpha value is -0.0900. The molecular weight excluding hydrogens is 234 g/mol. The summed E-state index contributed by atoms with van der Waals surface area (Å²) < 4.78 is 0. The lowest BCUT2D eigenvalue weighted by Crippen LogP contribution is -2.35. The van der Waals surface area contributed by atoms with Gasteiger partial charge < -0.3 is 0 Å². The van der Waals surface area contributed by atoms with Gasteiger partial charge in [-0.1, -0.05) is 15.9 Å². The first-order chi connectivity index (χ1) is 6.34. The molecular formula is C9H16BrNO2. The number of alkyl halides is 1. The van der Waals surface area contributed by atoms with E-state index in [4.69, 9.17) is 4.84 Å². The van der Waals surface area contributed by atoms with Crippen molar-refractivity contribution < 1.29 is 9.63 Å². The van der Waals surface area contributed by atoms with Gasteiger partial charge in [-0.25, -0.2) is 5.06 Å². The van der Waals surface area contributed by atoms with E-state index in [2.05, 4.69) is 15.9 Å². The highest BCUT2D eigenvalue weighted by Crippen LogP contribution is 2.09. The highest BCUT2D eigenvalue weighted by atomic mass is 79.9. The molecule has 1 fully saturated rings. The molecule has 1 heterocycles. The molecule has 0 bridgehead atoms. The first-order valence-electron chi connectivity index (χ1n) is 4.84. The van der Waals surface area contributed by atoms with E-state index in [-0.39, 0.29) is 5.91 Å². The van der Waals surface area contributed by atoms with Crippen molar-refractivity contribution in [3.63, 3.8) is 0 Å². The molecule has 76 valence electrons. The summed E-state index contributed by atoms with van der Waals surface area (Å²) in [6.45, 7) is 1.47. The number of hydrogen-bond donors (Lipinski definition) is 0. The van der Waals surface area contributed by atoms with Crippen LogP contribution in [0.2, 0.25) is 0 Å². The highest BCUT2D eigenvalue weighted by Gasteiger charge is 2.16. The van der Waals surface area contributed by atoms with Gasteiger partial charge in [-0.2, -0.15) is 0 Å². The molecule has 0 unspecified atom stereocenters. The van der Waals surface area contributed by atoms with Gasteiger partial charge in [-0.3, -0.25) is 9.63 Å². The number of rotatable bonds is 4. The average Bonchev–Trinajstić information content (AvgIpc) is 2.19. The van der Waals surface area contributed by atoms with Crippen molar-refractivity contribution in [1.82, 2.24) is 5.06 Å². The Morgan fingerprint density at radius 2 is 2.23 bits per heavy atom. The molecule has 0 spiro atoms. The Kier molecular flexibility index (Phi) is 5.39. The minimum Gasteiger partial charge on any atom is -0.273 e. The summed E-state index contributed by atoms with van der Waals surface area (Å²) >= 11 is 3.34. The van der Waals surface area contributed by atoms with Gasteiger partial charge in [0.2, 0.25) is 5.91 Å². The number of halogens is 1. The van der Waals surface area contributed by atoms with Crippen molar-refractivity contribution in [2.24, 2.45) is 0 Å². The fraction of sp³-hybridized carbons (Fsp3) is 0.889. The van der Waals surface area contributed by atoms with Crippen LogP contribution in [0.5, 0.6) is 0 Å². The summed E-state index contributed by atoms with van der Waals surface area (Å²) in [5.74, 6) is 0.139. The van der Waals surface area contributed by atoms with Gasteiger partial charge in [-0.05, 0) is 25.7 Å². The molecule has 0 N–H and O–H groups in total. The normalized spacial score (nSPS) is 17.5. The lowest BCUT2D eigenvalue weighted by atomic mass is 10.2. The molecule has 1 aliphatic rings.